The van der Waals surface area contributed by atoms with Crippen molar-refractivity contribution in [1.29, 1.82) is 0 Å². The molecule has 1 N–H and O–H groups in total. The molecule has 1 aromatic rings. The van der Waals surface area contributed by atoms with Gasteiger partial charge in [0.25, 0.3) is 5.91 Å². The Bertz CT molecular complexity index is 612. The molecule has 2 fully saturated rings. The van der Waals surface area contributed by atoms with E-state index in [0.717, 1.165) is 37.8 Å². The Morgan fingerprint density at radius 1 is 1.24 bits per heavy atom. The second-order valence-corrected chi connectivity index (χ2v) is 6.56. The number of hydrogen-bond acceptors (Lipinski definition) is 5. The van der Waals surface area contributed by atoms with Gasteiger partial charge in [0.2, 0.25) is 0 Å². The molecule has 6 nitrogen and oxygen atoms in total. The van der Waals surface area contributed by atoms with Crippen LogP contribution in [0.5, 0.6) is 0 Å². The van der Waals surface area contributed by atoms with Crippen molar-refractivity contribution >= 4 is 11.6 Å². The molecule has 1 aromatic carbocycles. The van der Waals surface area contributed by atoms with Crippen molar-refractivity contribution in [3.05, 3.63) is 35.4 Å². The zero-order valence-electron chi connectivity index (χ0n) is 14.8. The Kier molecular flexibility index (Phi) is 6.04. The standard InChI is InChI=1S/C19H26N2O4/c1-15-4-2-3-5-16(15)8-11-20-18(22)14-25-21-17-6-9-19(10-7-17)23-12-13-24-19/h2-5H,6-14H2,1H3,(H,20,22). The smallest absolute Gasteiger partial charge is 0.260 e. The van der Waals surface area contributed by atoms with Crippen LogP contribution in [0.4, 0.5) is 0 Å². The Labute approximate surface area is 148 Å². The summed E-state index contributed by atoms with van der Waals surface area (Å²) in [5.74, 6) is -0.543. The maximum atomic E-state index is 11.8. The Balaban J connectivity index is 1.32. The Morgan fingerprint density at radius 2 is 1.96 bits per heavy atom. The molecular weight excluding hydrogens is 320 g/mol. The van der Waals surface area contributed by atoms with Crippen molar-refractivity contribution in [2.45, 2.75) is 44.8 Å². The number of oxime groups is 1. The van der Waals surface area contributed by atoms with Gasteiger partial charge in [-0.1, -0.05) is 29.4 Å². The predicted octanol–water partition coefficient (Wildman–Crippen LogP) is 2.34. The van der Waals surface area contributed by atoms with Gasteiger partial charge in [-0.25, -0.2) is 0 Å². The van der Waals surface area contributed by atoms with E-state index in [9.17, 15) is 4.79 Å². The molecule has 0 radical (unpaired) electrons. The second kappa shape index (κ2) is 8.45. The summed E-state index contributed by atoms with van der Waals surface area (Å²) >= 11 is 0. The van der Waals surface area contributed by atoms with E-state index in [1.165, 1.54) is 11.1 Å². The summed E-state index contributed by atoms with van der Waals surface area (Å²) in [4.78, 5) is 17.0. The molecule has 1 aliphatic heterocycles. The molecule has 2 aliphatic rings. The molecule has 1 saturated carbocycles. The van der Waals surface area contributed by atoms with Crippen LogP contribution in [-0.2, 0) is 25.5 Å². The summed E-state index contributed by atoms with van der Waals surface area (Å²) in [6.45, 7) is 3.97. The molecule has 136 valence electrons. The lowest BCUT2D eigenvalue weighted by Crippen LogP contribution is -2.35. The largest absolute Gasteiger partial charge is 0.386 e. The van der Waals surface area contributed by atoms with Gasteiger partial charge in [0, 0.05) is 19.4 Å². The number of benzene rings is 1. The first-order chi connectivity index (χ1) is 12.2. The summed E-state index contributed by atoms with van der Waals surface area (Å²) in [6, 6.07) is 8.19. The first-order valence-electron chi connectivity index (χ1n) is 8.94. The van der Waals surface area contributed by atoms with Crippen molar-refractivity contribution < 1.29 is 19.1 Å². The molecule has 25 heavy (non-hydrogen) atoms. The van der Waals surface area contributed by atoms with Crippen LogP contribution in [0.2, 0.25) is 0 Å². The highest BCUT2D eigenvalue weighted by molar-refractivity contribution is 5.85. The third-order valence-electron chi connectivity index (χ3n) is 4.77. The van der Waals surface area contributed by atoms with Crippen molar-refractivity contribution in [1.82, 2.24) is 5.32 Å². The average molecular weight is 346 g/mol. The summed E-state index contributed by atoms with van der Waals surface area (Å²) < 4.78 is 11.4. The van der Waals surface area contributed by atoms with E-state index in [-0.39, 0.29) is 12.5 Å². The molecule has 0 unspecified atom stereocenters. The third-order valence-corrected chi connectivity index (χ3v) is 4.77. The number of amides is 1. The van der Waals surface area contributed by atoms with E-state index in [2.05, 4.69) is 29.5 Å². The van der Waals surface area contributed by atoms with Crippen LogP contribution in [0.25, 0.3) is 0 Å². The van der Waals surface area contributed by atoms with E-state index in [0.29, 0.717) is 19.8 Å². The van der Waals surface area contributed by atoms with Crippen LogP contribution >= 0.6 is 0 Å². The highest BCUT2D eigenvalue weighted by atomic mass is 16.7. The molecule has 1 spiro atoms. The number of hydrogen-bond donors (Lipinski definition) is 1. The van der Waals surface area contributed by atoms with E-state index in [1.807, 2.05) is 12.1 Å². The minimum Gasteiger partial charge on any atom is -0.386 e. The number of carbonyl (C=O) groups excluding carboxylic acids is 1. The van der Waals surface area contributed by atoms with Crippen LogP contribution in [0.15, 0.2) is 29.4 Å². The Morgan fingerprint density at radius 3 is 2.68 bits per heavy atom. The van der Waals surface area contributed by atoms with Crippen molar-refractivity contribution in [3.8, 4) is 0 Å². The van der Waals surface area contributed by atoms with Gasteiger partial charge < -0.3 is 19.6 Å². The number of carbonyl (C=O) groups is 1. The molecule has 0 aromatic heterocycles. The first kappa shape index (κ1) is 17.9. The molecule has 1 amide bonds. The lowest BCUT2D eigenvalue weighted by molar-refractivity contribution is -0.168. The lowest BCUT2D eigenvalue weighted by Gasteiger charge is -2.31. The molecule has 0 bridgehead atoms. The fraction of sp³-hybridized carbons (Fsp3) is 0.579. The number of ether oxygens (including phenoxy) is 2. The van der Waals surface area contributed by atoms with Gasteiger partial charge in [-0.3, -0.25) is 4.79 Å². The topological polar surface area (TPSA) is 69.2 Å². The van der Waals surface area contributed by atoms with E-state index < -0.39 is 5.79 Å². The zero-order valence-corrected chi connectivity index (χ0v) is 14.8. The van der Waals surface area contributed by atoms with Crippen LogP contribution in [0, 0.1) is 6.92 Å². The maximum Gasteiger partial charge on any atom is 0.260 e. The molecule has 0 atom stereocenters. The predicted molar refractivity (Wildman–Crippen MR) is 94.4 cm³/mol. The fourth-order valence-corrected chi connectivity index (χ4v) is 3.26. The molecular formula is C19H26N2O4. The third kappa shape index (κ3) is 5.03. The lowest BCUT2D eigenvalue weighted by atomic mass is 9.92. The number of nitrogens with zero attached hydrogens (tertiary/aromatic N) is 1. The maximum absolute atomic E-state index is 11.8. The zero-order chi connectivity index (χ0) is 17.5. The van der Waals surface area contributed by atoms with Crippen molar-refractivity contribution in [3.63, 3.8) is 0 Å². The average Bonchev–Trinajstić information content (AvgIpc) is 3.07. The van der Waals surface area contributed by atoms with Crippen LogP contribution in [0.3, 0.4) is 0 Å². The van der Waals surface area contributed by atoms with Gasteiger partial charge in [0.15, 0.2) is 12.4 Å². The summed E-state index contributed by atoms with van der Waals surface area (Å²) in [7, 11) is 0. The Hall–Kier alpha value is -1.92. The highest BCUT2D eigenvalue weighted by Crippen LogP contribution is 2.34. The first-order valence-corrected chi connectivity index (χ1v) is 8.94. The summed E-state index contributed by atoms with van der Waals surface area (Å²) in [5, 5.41) is 6.97. The molecule has 1 saturated heterocycles. The molecule has 6 heteroatoms. The number of aryl methyl sites for hydroxylation is 1. The van der Waals surface area contributed by atoms with Crippen LogP contribution in [0.1, 0.15) is 36.8 Å². The van der Waals surface area contributed by atoms with E-state index in [1.54, 1.807) is 0 Å². The minimum absolute atomic E-state index is 0.0462. The fourth-order valence-electron chi connectivity index (χ4n) is 3.26. The molecule has 1 aliphatic carbocycles. The van der Waals surface area contributed by atoms with E-state index in [4.69, 9.17) is 14.3 Å². The van der Waals surface area contributed by atoms with Crippen molar-refractivity contribution in [2.75, 3.05) is 26.4 Å². The quantitative estimate of drug-likeness (QED) is 0.803. The van der Waals surface area contributed by atoms with Crippen LogP contribution < -0.4 is 5.32 Å². The minimum atomic E-state index is -0.397. The normalized spacial score (nSPS) is 19.0. The SMILES string of the molecule is Cc1ccccc1CCNC(=O)CON=C1CCC2(CC1)OCCO2. The second-order valence-electron chi connectivity index (χ2n) is 6.56. The van der Waals surface area contributed by atoms with Gasteiger partial charge in [0.05, 0.1) is 18.9 Å². The highest BCUT2D eigenvalue weighted by Gasteiger charge is 2.39. The molecule has 1 heterocycles. The van der Waals surface area contributed by atoms with Crippen LogP contribution in [-0.4, -0.2) is 43.8 Å². The number of rotatable bonds is 6. The summed E-state index contributed by atoms with van der Waals surface area (Å²) in [6.07, 6.45) is 3.99. The van der Waals surface area contributed by atoms with Gasteiger partial charge in [0.1, 0.15) is 0 Å². The monoisotopic (exact) mass is 346 g/mol. The van der Waals surface area contributed by atoms with Gasteiger partial charge in [-0.05, 0) is 37.3 Å². The number of nitrogens with one attached hydrogen (secondary N) is 1. The van der Waals surface area contributed by atoms with E-state index >= 15 is 0 Å². The van der Waals surface area contributed by atoms with Gasteiger partial charge in [-0.15, -0.1) is 0 Å². The van der Waals surface area contributed by atoms with Crippen molar-refractivity contribution in [2.24, 2.45) is 5.16 Å². The summed E-state index contributed by atoms with van der Waals surface area (Å²) in [5.41, 5.74) is 3.46. The molecule has 3 rings (SSSR count). The van der Waals surface area contributed by atoms with Gasteiger partial charge in [-0.2, -0.15) is 0 Å². The van der Waals surface area contributed by atoms with Gasteiger partial charge >= 0.3 is 0 Å².